The molecular weight excluding hydrogens is 406 g/mol. The zero-order valence-electron chi connectivity index (χ0n) is 20.4. The fraction of sp³-hybridized carbons (Fsp3) is 0.500. The van der Waals surface area contributed by atoms with Crippen LogP contribution in [0.25, 0.3) is 23.2 Å². The molecule has 1 fully saturated rings. The lowest BCUT2D eigenvalue weighted by Gasteiger charge is -2.32. The monoisotopic (exact) mass is 445 g/mol. The van der Waals surface area contributed by atoms with E-state index in [2.05, 4.69) is 66.2 Å². The van der Waals surface area contributed by atoms with Gasteiger partial charge in [-0.2, -0.15) is 0 Å². The number of aromatic nitrogens is 3. The van der Waals surface area contributed by atoms with Crippen LogP contribution in [0.5, 0.6) is 0 Å². The minimum absolute atomic E-state index is 0.522. The Balaban J connectivity index is 1.50. The molecule has 176 valence electrons. The van der Waals surface area contributed by atoms with Crippen molar-refractivity contribution >= 4 is 29.0 Å². The first-order valence-electron chi connectivity index (χ1n) is 12.6. The summed E-state index contributed by atoms with van der Waals surface area (Å²) in [6.45, 7) is 15.7. The number of pyridine rings is 1. The molecule has 5 heteroatoms. The number of nitrogens with one attached hydrogen (secondary N) is 1. The highest BCUT2D eigenvalue weighted by Gasteiger charge is 2.24. The van der Waals surface area contributed by atoms with Gasteiger partial charge in [-0.3, -0.25) is 0 Å². The Hall–Kier alpha value is -2.66. The summed E-state index contributed by atoms with van der Waals surface area (Å²) >= 11 is 0. The van der Waals surface area contributed by atoms with E-state index in [-0.39, 0.29) is 0 Å². The van der Waals surface area contributed by atoms with Crippen LogP contribution in [0.3, 0.4) is 0 Å². The molecule has 0 amide bonds. The molecule has 0 bridgehead atoms. The summed E-state index contributed by atoms with van der Waals surface area (Å²) in [4.78, 5) is 9.56. The molecule has 3 N–H and O–H groups in total. The van der Waals surface area contributed by atoms with E-state index in [0.717, 1.165) is 95.6 Å². The van der Waals surface area contributed by atoms with Crippen LogP contribution in [-0.2, 0) is 13.0 Å². The molecule has 0 aromatic carbocycles. The number of hydrogen-bond acceptors (Lipinski definition) is 4. The number of nitrogens with zero attached hydrogens (tertiary/aromatic N) is 3. The Morgan fingerprint density at radius 3 is 2.70 bits per heavy atom. The lowest BCUT2D eigenvalue weighted by Crippen LogP contribution is -2.33. The second-order valence-corrected chi connectivity index (χ2v) is 9.92. The third-order valence-corrected chi connectivity index (χ3v) is 6.84. The standard InChI is InChI=1S/C28H39N5/c1-5-6-11-25-32-26-27(23-9-7-8-10-24(23)31-28(26)29)33(25)18-20(3)13-12-19(2)16-30-17-22-14-21(4)15-22/h9-10,12-13,21-22,30H,2-3,5-8,11,14-18H2,1,4H3,(H2,29,31)/b13-12-. The van der Waals surface area contributed by atoms with E-state index in [4.69, 9.17) is 10.7 Å². The minimum atomic E-state index is 0.522. The van der Waals surface area contributed by atoms with Crippen molar-refractivity contribution in [3.8, 4) is 0 Å². The van der Waals surface area contributed by atoms with Crippen molar-refractivity contribution in [2.45, 2.75) is 65.3 Å². The van der Waals surface area contributed by atoms with Gasteiger partial charge in [0.2, 0.25) is 0 Å². The van der Waals surface area contributed by atoms with Gasteiger partial charge in [-0.1, -0.05) is 57.7 Å². The summed E-state index contributed by atoms with van der Waals surface area (Å²) in [5.74, 6) is 3.33. The molecule has 0 saturated heterocycles. The van der Waals surface area contributed by atoms with Gasteiger partial charge in [0.05, 0.1) is 10.9 Å². The van der Waals surface area contributed by atoms with E-state index in [1.54, 1.807) is 0 Å². The van der Waals surface area contributed by atoms with Crippen molar-refractivity contribution in [1.82, 2.24) is 19.9 Å². The number of allylic oxidation sites excluding steroid dienone is 2. The highest BCUT2D eigenvalue weighted by molar-refractivity contribution is 5.86. The first kappa shape index (κ1) is 23.5. The van der Waals surface area contributed by atoms with Crippen molar-refractivity contribution in [2.75, 3.05) is 18.8 Å². The van der Waals surface area contributed by atoms with E-state index in [0.29, 0.717) is 12.4 Å². The van der Waals surface area contributed by atoms with E-state index in [1.165, 1.54) is 12.8 Å². The summed E-state index contributed by atoms with van der Waals surface area (Å²) in [7, 11) is 0. The lowest BCUT2D eigenvalue weighted by atomic mass is 9.76. The molecule has 0 unspecified atom stereocenters. The first-order valence-corrected chi connectivity index (χ1v) is 12.6. The number of fused-ring (bicyclic) bond motifs is 3. The van der Waals surface area contributed by atoms with Gasteiger partial charge in [0, 0.05) is 24.7 Å². The average Bonchev–Trinajstić information content (AvgIpc) is 3.14. The molecule has 0 spiro atoms. The summed E-state index contributed by atoms with van der Waals surface area (Å²) in [6.07, 6.45) is 16.5. The van der Waals surface area contributed by atoms with Crippen LogP contribution in [0.1, 0.15) is 58.2 Å². The van der Waals surface area contributed by atoms with Gasteiger partial charge in [0.1, 0.15) is 11.3 Å². The van der Waals surface area contributed by atoms with Crippen molar-refractivity contribution in [3.05, 3.63) is 52.8 Å². The molecule has 2 aromatic heterocycles. The first-order chi connectivity index (χ1) is 16.0. The molecule has 2 aliphatic carbocycles. The number of anilines is 1. The quantitative estimate of drug-likeness (QED) is 0.513. The molecule has 33 heavy (non-hydrogen) atoms. The Kier molecular flexibility index (Phi) is 7.49. The van der Waals surface area contributed by atoms with Crippen molar-refractivity contribution in [3.63, 3.8) is 0 Å². The summed E-state index contributed by atoms with van der Waals surface area (Å²) < 4.78 is 2.31. The molecule has 0 aliphatic heterocycles. The maximum Gasteiger partial charge on any atom is 0.152 e. The van der Waals surface area contributed by atoms with Crippen LogP contribution in [0, 0.1) is 11.8 Å². The SMILES string of the molecule is C=C(/C=C\C(=C)Cn1c(CCCC)nc2c(N)nc3c(c21)=CCCC=3)CNCC1CC(C)C1. The highest BCUT2D eigenvalue weighted by atomic mass is 15.1. The number of aryl methyl sites for hydroxylation is 1. The minimum Gasteiger partial charge on any atom is -0.382 e. The normalized spacial score (nSPS) is 19.7. The number of rotatable bonds is 11. The van der Waals surface area contributed by atoms with Crippen LogP contribution >= 0.6 is 0 Å². The van der Waals surface area contributed by atoms with Gasteiger partial charge in [-0.25, -0.2) is 9.97 Å². The molecule has 2 heterocycles. The van der Waals surface area contributed by atoms with Crippen molar-refractivity contribution in [2.24, 2.45) is 11.8 Å². The van der Waals surface area contributed by atoms with E-state index < -0.39 is 0 Å². The molecule has 4 rings (SSSR count). The fourth-order valence-electron chi connectivity index (χ4n) is 5.04. The van der Waals surface area contributed by atoms with Crippen LogP contribution in [-0.4, -0.2) is 27.6 Å². The van der Waals surface area contributed by atoms with Crippen molar-refractivity contribution < 1.29 is 0 Å². The Labute approximate surface area is 197 Å². The van der Waals surface area contributed by atoms with Gasteiger partial charge >= 0.3 is 0 Å². The van der Waals surface area contributed by atoms with Crippen LogP contribution < -0.4 is 21.6 Å². The van der Waals surface area contributed by atoms with Gasteiger partial charge < -0.3 is 15.6 Å². The Bertz CT molecular complexity index is 1180. The van der Waals surface area contributed by atoms with E-state index >= 15 is 0 Å². The van der Waals surface area contributed by atoms with Crippen LogP contribution in [0.2, 0.25) is 0 Å². The number of nitrogens with two attached hydrogens (primary N) is 1. The number of unbranched alkanes of at least 4 members (excludes halogenated alkanes) is 1. The fourth-order valence-corrected chi connectivity index (χ4v) is 5.04. The largest absolute Gasteiger partial charge is 0.382 e. The predicted octanol–water partition coefficient (Wildman–Crippen LogP) is 4.02. The number of hydrogen-bond donors (Lipinski definition) is 2. The van der Waals surface area contributed by atoms with Gasteiger partial charge in [-0.15, -0.1) is 0 Å². The van der Waals surface area contributed by atoms with Crippen molar-refractivity contribution in [1.29, 1.82) is 0 Å². The third-order valence-electron chi connectivity index (χ3n) is 6.84. The molecular formula is C28H39N5. The predicted molar refractivity (Wildman–Crippen MR) is 140 cm³/mol. The maximum atomic E-state index is 6.33. The van der Waals surface area contributed by atoms with Gasteiger partial charge in [-0.05, 0) is 61.6 Å². The lowest BCUT2D eigenvalue weighted by molar-refractivity contribution is 0.208. The number of imidazole rings is 1. The van der Waals surface area contributed by atoms with E-state index in [9.17, 15) is 0 Å². The van der Waals surface area contributed by atoms with Gasteiger partial charge in [0.15, 0.2) is 5.82 Å². The molecule has 2 aromatic rings. The number of nitrogen functional groups attached to an aromatic ring is 1. The summed E-state index contributed by atoms with van der Waals surface area (Å²) in [5.41, 5.74) is 10.4. The zero-order chi connectivity index (χ0) is 23.4. The molecule has 5 nitrogen and oxygen atoms in total. The second-order valence-electron chi connectivity index (χ2n) is 9.92. The van der Waals surface area contributed by atoms with Crippen LogP contribution in [0.4, 0.5) is 5.82 Å². The molecule has 0 atom stereocenters. The summed E-state index contributed by atoms with van der Waals surface area (Å²) in [6, 6.07) is 0. The van der Waals surface area contributed by atoms with Gasteiger partial charge in [0.25, 0.3) is 0 Å². The molecule has 1 saturated carbocycles. The maximum absolute atomic E-state index is 6.33. The van der Waals surface area contributed by atoms with E-state index in [1.807, 2.05) is 0 Å². The third kappa shape index (κ3) is 5.47. The Morgan fingerprint density at radius 1 is 1.18 bits per heavy atom. The second kappa shape index (κ2) is 10.5. The zero-order valence-corrected chi connectivity index (χ0v) is 20.4. The summed E-state index contributed by atoms with van der Waals surface area (Å²) in [5, 5.41) is 5.70. The van der Waals surface area contributed by atoms with Crippen LogP contribution in [0.15, 0.2) is 36.5 Å². The smallest absolute Gasteiger partial charge is 0.152 e. The topological polar surface area (TPSA) is 68.8 Å². The molecule has 0 radical (unpaired) electrons. The average molecular weight is 446 g/mol. The molecule has 2 aliphatic rings. The highest BCUT2D eigenvalue weighted by Crippen LogP contribution is 2.32. The Morgan fingerprint density at radius 2 is 1.94 bits per heavy atom.